The lowest BCUT2D eigenvalue weighted by Gasteiger charge is -2.22. The molecule has 0 spiro atoms. The number of hydrogen-bond acceptors (Lipinski definition) is 4. The van der Waals surface area contributed by atoms with E-state index in [-0.39, 0.29) is 11.9 Å². The van der Waals surface area contributed by atoms with E-state index in [0.29, 0.717) is 24.5 Å². The summed E-state index contributed by atoms with van der Waals surface area (Å²) in [6.07, 6.45) is 3.59. The Labute approximate surface area is 100 Å². The monoisotopic (exact) mass is 238 g/mol. The van der Waals surface area contributed by atoms with Gasteiger partial charge in [-0.2, -0.15) is 5.10 Å². The third-order valence-electron chi connectivity index (χ3n) is 2.82. The highest BCUT2D eigenvalue weighted by Crippen LogP contribution is 2.11. The number of rotatable bonds is 3. The maximum atomic E-state index is 11.9. The lowest BCUT2D eigenvalue weighted by molar-refractivity contribution is 0.0622. The number of nitrogens with one attached hydrogen (secondary N) is 1. The zero-order chi connectivity index (χ0) is 12.3. The molecule has 1 saturated heterocycles. The second-order valence-electron chi connectivity index (χ2n) is 4.18. The maximum absolute atomic E-state index is 11.9. The Bertz CT molecular complexity index is 396. The molecular formula is C11H18N4O2. The zero-order valence-electron chi connectivity index (χ0n) is 9.98. The van der Waals surface area contributed by atoms with E-state index in [1.807, 2.05) is 6.92 Å². The van der Waals surface area contributed by atoms with Gasteiger partial charge in [-0.3, -0.25) is 9.48 Å². The molecule has 3 N–H and O–H groups in total. The van der Waals surface area contributed by atoms with Crippen LogP contribution >= 0.6 is 0 Å². The third-order valence-corrected chi connectivity index (χ3v) is 2.82. The van der Waals surface area contributed by atoms with Gasteiger partial charge in [0.15, 0.2) is 5.69 Å². The molecule has 1 fully saturated rings. The van der Waals surface area contributed by atoms with Gasteiger partial charge in [0.2, 0.25) is 0 Å². The fraction of sp³-hybridized carbons (Fsp3) is 0.636. The number of aryl methyl sites for hydroxylation is 1. The second-order valence-corrected chi connectivity index (χ2v) is 4.18. The quantitative estimate of drug-likeness (QED) is 0.798. The maximum Gasteiger partial charge on any atom is 0.274 e. The Morgan fingerprint density at radius 1 is 1.76 bits per heavy atom. The highest BCUT2D eigenvalue weighted by atomic mass is 16.5. The van der Waals surface area contributed by atoms with Crippen molar-refractivity contribution >= 4 is 11.6 Å². The normalized spacial score (nSPS) is 20.2. The van der Waals surface area contributed by atoms with Crippen LogP contribution in [0.1, 0.15) is 30.3 Å². The van der Waals surface area contributed by atoms with Gasteiger partial charge in [-0.1, -0.05) is 0 Å². The van der Waals surface area contributed by atoms with Gasteiger partial charge in [0.05, 0.1) is 18.3 Å². The minimum absolute atomic E-state index is 0.0717. The lowest BCUT2D eigenvalue weighted by atomic mass is 10.1. The molecule has 2 rings (SSSR count). The molecule has 1 amide bonds. The SMILES string of the molecule is CCn1cc(N)c(C(=O)NC2CCCOC2)n1. The molecule has 1 aliphatic rings. The predicted molar refractivity (Wildman–Crippen MR) is 63.6 cm³/mol. The highest BCUT2D eigenvalue weighted by molar-refractivity contribution is 5.97. The first-order chi connectivity index (χ1) is 8.20. The van der Waals surface area contributed by atoms with E-state index in [4.69, 9.17) is 10.5 Å². The number of ether oxygens (including phenoxy) is 1. The summed E-state index contributed by atoms with van der Waals surface area (Å²) in [5, 5.41) is 7.03. The molecule has 94 valence electrons. The van der Waals surface area contributed by atoms with Crippen LogP contribution in [0.25, 0.3) is 0 Å². The number of aromatic nitrogens is 2. The van der Waals surface area contributed by atoms with Crippen LogP contribution < -0.4 is 11.1 Å². The van der Waals surface area contributed by atoms with Gasteiger partial charge in [-0.15, -0.1) is 0 Å². The van der Waals surface area contributed by atoms with Crippen LogP contribution in [0, 0.1) is 0 Å². The molecule has 0 saturated carbocycles. The van der Waals surface area contributed by atoms with Crippen LogP contribution in [0.3, 0.4) is 0 Å². The Kier molecular flexibility index (Phi) is 3.63. The van der Waals surface area contributed by atoms with Crippen LogP contribution in [0.2, 0.25) is 0 Å². The molecule has 6 nitrogen and oxygen atoms in total. The van der Waals surface area contributed by atoms with E-state index < -0.39 is 0 Å². The summed E-state index contributed by atoms with van der Waals surface area (Å²) < 4.78 is 6.96. The predicted octanol–water partition coefficient (Wildman–Crippen LogP) is 0.394. The molecule has 0 aromatic carbocycles. The topological polar surface area (TPSA) is 82.2 Å². The van der Waals surface area contributed by atoms with E-state index >= 15 is 0 Å². The van der Waals surface area contributed by atoms with Crippen LogP contribution in [0.5, 0.6) is 0 Å². The first-order valence-electron chi connectivity index (χ1n) is 5.92. The number of nitrogens with two attached hydrogens (primary N) is 1. The summed E-state index contributed by atoms with van der Waals surface area (Å²) in [5.41, 5.74) is 6.47. The number of nitrogens with zero attached hydrogens (tertiary/aromatic N) is 2. The molecule has 17 heavy (non-hydrogen) atoms. The average molecular weight is 238 g/mol. The molecule has 0 radical (unpaired) electrons. The highest BCUT2D eigenvalue weighted by Gasteiger charge is 2.20. The van der Waals surface area contributed by atoms with Crippen molar-refractivity contribution in [2.24, 2.45) is 0 Å². The first kappa shape index (κ1) is 11.9. The standard InChI is InChI=1S/C11H18N4O2/c1-2-15-6-9(12)10(14-15)11(16)13-8-4-3-5-17-7-8/h6,8H,2-5,7,12H2,1H3,(H,13,16). The fourth-order valence-electron chi connectivity index (χ4n) is 1.88. The van der Waals surface area contributed by atoms with Crippen molar-refractivity contribution < 1.29 is 9.53 Å². The number of carbonyl (C=O) groups excluding carboxylic acids is 1. The van der Waals surface area contributed by atoms with Crippen molar-refractivity contribution in [1.29, 1.82) is 0 Å². The molecule has 2 heterocycles. The summed E-state index contributed by atoms with van der Waals surface area (Å²) >= 11 is 0. The number of amides is 1. The van der Waals surface area contributed by atoms with E-state index in [9.17, 15) is 4.79 Å². The molecular weight excluding hydrogens is 220 g/mol. The molecule has 0 aliphatic carbocycles. The lowest BCUT2D eigenvalue weighted by Crippen LogP contribution is -2.41. The Hall–Kier alpha value is -1.56. The van der Waals surface area contributed by atoms with Crippen molar-refractivity contribution in [1.82, 2.24) is 15.1 Å². The van der Waals surface area contributed by atoms with Gasteiger partial charge in [0.25, 0.3) is 5.91 Å². The second kappa shape index (κ2) is 5.18. The molecule has 1 aliphatic heterocycles. The zero-order valence-corrected chi connectivity index (χ0v) is 9.98. The van der Waals surface area contributed by atoms with E-state index in [2.05, 4.69) is 10.4 Å². The molecule has 1 atom stereocenters. The van der Waals surface area contributed by atoms with Crippen molar-refractivity contribution in [3.05, 3.63) is 11.9 Å². The number of carbonyl (C=O) groups is 1. The summed E-state index contributed by atoms with van der Waals surface area (Å²) in [6, 6.07) is 0.0717. The smallest absolute Gasteiger partial charge is 0.274 e. The van der Waals surface area contributed by atoms with Crippen molar-refractivity contribution in [3.63, 3.8) is 0 Å². The Morgan fingerprint density at radius 3 is 3.18 bits per heavy atom. The van der Waals surface area contributed by atoms with Crippen LogP contribution in [0.4, 0.5) is 5.69 Å². The summed E-state index contributed by atoms with van der Waals surface area (Å²) in [4.78, 5) is 11.9. The van der Waals surface area contributed by atoms with Gasteiger partial charge in [0.1, 0.15) is 0 Å². The Morgan fingerprint density at radius 2 is 2.59 bits per heavy atom. The van der Waals surface area contributed by atoms with Gasteiger partial charge in [0, 0.05) is 19.3 Å². The minimum atomic E-state index is -0.217. The minimum Gasteiger partial charge on any atom is -0.396 e. The number of nitrogen functional groups attached to an aromatic ring is 1. The van der Waals surface area contributed by atoms with E-state index in [1.54, 1.807) is 10.9 Å². The van der Waals surface area contributed by atoms with Gasteiger partial charge < -0.3 is 15.8 Å². The third kappa shape index (κ3) is 2.76. The number of hydrogen-bond donors (Lipinski definition) is 2. The first-order valence-corrected chi connectivity index (χ1v) is 5.92. The molecule has 6 heteroatoms. The van der Waals surface area contributed by atoms with Crippen LogP contribution in [-0.4, -0.2) is 34.9 Å². The van der Waals surface area contributed by atoms with Crippen molar-refractivity contribution in [2.45, 2.75) is 32.4 Å². The number of anilines is 1. The molecule has 1 aromatic heterocycles. The van der Waals surface area contributed by atoms with Gasteiger partial charge >= 0.3 is 0 Å². The average Bonchev–Trinajstić information content (AvgIpc) is 2.72. The summed E-state index contributed by atoms with van der Waals surface area (Å²) in [5.74, 6) is -0.217. The van der Waals surface area contributed by atoms with Gasteiger partial charge in [-0.05, 0) is 19.8 Å². The molecule has 0 bridgehead atoms. The fourth-order valence-corrected chi connectivity index (χ4v) is 1.88. The van der Waals surface area contributed by atoms with E-state index in [0.717, 1.165) is 19.4 Å². The summed E-state index contributed by atoms with van der Waals surface area (Å²) in [7, 11) is 0. The van der Waals surface area contributed by atoms with Crippen LogP contribution in [0.15, 0.2) is 6.20 Å². The summed E-state index contributed by atoms with van der Waals surface area (Å²) in [6.45, 7) is 3.99. The molecule has 1 aromatic rings. The van der Waals surface area contributed by atoms with Crippen LogP contribution in [-0.2, 0) is 11.3 Å². The van der Waals surface area contributed by atoms with Crippen molar-refractivity contribution in [3.8, 4) is 0 Å². The van der Waals surface area contributed by atoms with Crippen molar-refractivity contribution in [2.75, 3.05) is 18.9 Å². The largest absolute Gasteiger partial charge is 0.396 e. The molecule has 1 unspecified atom stereocenters. The Balaban J connectivity index is 2.00. The van der Waals surface area contributed by atoms with Gasteiger partial charge in [-0.25, -0.2) is 0 Å². The van der Waals surface area contributed by atoms with E-state index in [1.165, 1.54) is 0 Å².